The van der Waals surface area contributed by atoms with Crippen molar-refractivity contribution in [1.29, 1.82) is 0 Å². The second kappa shape index (κ2) is 9.73. The number of nitrogens with one attached hydrogen (secondary N) is 3. The number of carbonyl (C=O) groups excluding carboxylic acids is 1. The van der Waals surface area contributed by atoms with E-state index >= 15 is 0 Å². The molecule has 0 saturated heterocycles. The van der Waals surface area contributed by atoms with Gasteiger partial charge in [0.25, 0.3) is 0 Å². The van der Waals surface area contributed by atoms with Gasteiger partial charge in [0, 0.05) is 36.0 Å². The van der Waals surface area contributed by atoms with Gasteiger partial charge in [-0.05, 0) is 57.4 Å². The maximum Gasteiger partial charge on any atom is 0.243 e. The summed E-state index contributed by atoms with van der Waals surface area (Å²) in [5.74, 6) is 0.462. The molecule has 8 heteroatoms. The van der Waals surface area contributed by atoms with Crippen LogP contribution in [0.4, 0.5) is 5.69 Å². The summed E-state index contributed by atoms with van der Waals surface area (Å²) in [7, 11) is 3.65. The molecule has 1 aromatic heterocycles. The zero-order valence-electron chi connectivity index (χ0n) is 17.4. The van der Waals surface area contributed by atoms with Gasteiger partial charge in [-0.1, -0.05) is 22.0 Å². The number of hydrogen-bond acceptors (Lipinski definition) is 3. The topological polar surface area (TPSA) is 83.3 Å². The Balaban J connectivity index is 1.88. The summed E-state index contributed by atoms with van der Waals surface area (Å²) in [6.45, 7) is 8.27. The minimum absolute atomic E-state index is 0.128. The lowest BCUT2D eigenvalue weighted by atomic mass is 10.1. The van der Waals surface area contributed by atoms with Crippen molar-refractivity contribution < 1.29 is 4.79 Å². The number of amides is 1. The van der Waals surface area contributed by atoms with E-state index in [0.717, 1.165) is 33.5 Å². The van der Waals surface area contributed by atoms with E-state index in [9.17, 15) is 4.79 Å². The average molecular weight is 449 g/mol. The first-order valence-corrected chi connectivity index (χ1v) is 10.0. The molecule has 1 heterocycles. The molecule has 152 valence electrons. The van der Waals surface area contributed by atoms with E-state index in [1.165, 1.54) is 5.56 Å². The number of guanidine groups is 1. The van der Waals surface area contributed by atoms with Crippen LogP contribution in [0.2, 0.25) is 0 Å². The molecule has 1 aromatic carbocycles. The quantitative estimate of drug-likeness (QED) is 0.468. The van der Waals surface area contributed by atoms with Crippen LogP contribution in [-0.4, -0.2) is 41.3 Å². The third-order valence-electron chi connectivity index (χ3n) is 4.67. The Bertz CT molecular complexity index is 874. The van der Waals surface area contributed by atoms with Gasteiger partial charge in [0.15, 0.2) is 5.96 Å². The number of aliphatic imine (C=N–C) groups is 1. The Labute approximate surface area is 175 Å². The van der Waals surface area contributed by atoms with Gasteiger partial charge in [0.05, 0.1) is 12.2 Å². The molecule has 0 aliphatic rings. The van der Waals surface area contributed by atoms with Crippen LogP contribution in [0.1, 0.15) is 29.4 Å². The van der Waals surface area contributed by atoms with Gasteiger partial charge in [0.2, 0.25) is 5.91 Å². The van der Waals surface area contributed by atoms with Gasteiger partial charge in [-0.15, -0.1) is 0 Å². The van der Waals surface area contributed by atoms with E-state index in [1.807, 2.05) is 43.8 Å². The number of nitrogens with zero attached hydrogens (tertiary/aromatic N) is 3. The fraction of sp³-hybridized carbons (Fsp3) is 0.450. The summed E-state index contributed by atoms with van der Waals surface area (Å²) < 4.78 is 2.83. The van der Waals surface area contributed by atoms with Crippen LogP contribution in [-0.2, 0) is 18.3 Å². The van der Waals surface area contributed by atoms with Gasteiger partial charge in [0.1, 0.15) is 0 Å². The zero-order valence-corrected chi connectivity index (χ0v) is 18.9. The molecule has 1 amide bonds. The molecule has 0 aliphatic carbocycles. The molecule has 0 saturated carbocycles. The van der Waals surface area contributed by atoms with Crippen LogP contribution in [0.3, 0.4) is 0 Å². The number of hydrogen-bond donors (Lipinski definition) is 3. The minimum atomic E-state index is -0.129. The Hall–Kier alpha value is -2.35. The Morgan fingerprint density at radius 3 is 2.64 bits per heavy atom. The predicted molar refractivity (Wildman–Crippen MR) is 118 cm³/mol. The van der Waals surface area contributed by atoms with Crippen LogP contribution in [0, 0.1) is 20.8 Å². The number of rotatable bonds is 6. The third kappa shape index (κ3) is 5.82. The molecular weight excluding hydrogens is 420 g/mol. The molecule has 0 radical (unpaired) electrons. The summed E-state index contributed by atoms with van der Waals surface area (Å²) >= 11 is 3.42. The molecule has 3 N–H and O–H groups in total. The summed E-state index contributed by atoms with van der Waals surface area (Å²) in [5.41, 5.74) is 5.24. The van der Waals surface area contributed by atoms with Crippen molar-refractivity contribution in [2.45, 2.75) is 40.2 Å². The first kappa shape index (κ1) is 21.9. The molecule has 28 heavy (non-hydrogen) atoms. The highest BCUT2D eigenvalue weighted by molar-refractivity contribution is 9.10. The van der Waals surface area contributed by atoms with Gasteiger partial charge in [-0.2, -0.15) is 5.10 Å². The first-order valence-electron chi connectivity index (χ1n) is 9.23. The highest BCUT2D eigenvalue weighted by Gasteiger charge is 2.14. The van der Waals surface area contributed by atoms with Crippen LogP contribution >= 0.6 is 15.9 Å². The SMILES string of the molecule is CN=C(NCC(=O)Nc1cc(Br)ccc1C)NC(C)Cc1c(C)nn(C)c1C. The average Bonchev–Trinajstić information content (AvgIpc) is 2.87. The highest BCUT2D eigenvalue weighted by atomic mass is 79.9. The fourth-order valence-corrected chi connectivity index (χ4v) is 3.35. The number of benzene rings is 1. The van der Waals surface area contributed by atoms with Crippen LogP contribution < -0.4 is 16.0 Å². The van der Waals surface area contributed by atoms with E-state index in [1.54, 1.807) is 7.05 Å². The van der Waals surface area contributed by atoms with E-state index in [0.29, 0.717) is 5.96 Å². The highest BCUT2D eigenvalue weighted by Crippen LogP contribution is 2.20. The first-order chi connectivity index (χ1) is 13.2. The summed E-state index contributed by atoms with van der Waals surface area (Å²) in [6, 6.07) is 5.93. The Morgan fingerprint density at radius 2 is 2.04 bits per heavy atom. The van der Waals surface area contributed by atoms with Gasteiger partial charge >= 0.3 is 0 Å². The summed E-state index contributed by atoms with van der Waals surface area (Å²) in [4.78, 5) is 16.5. The lowest BCUT2D eigenvalue weighted by Crippen LogP contribution is -2.45. The van der Waals surface area contributed by atoms with Crippen molar-refractivity contribution >= 4 is 33.5 Å². The fourth-order valence-electron chi connectivity index (χ4n) is 2.99. The molecule has 1 atom stereocenters. The number of aromatic nitrogens is 2. The molecule has 0 aliphatic heterocycles. The van der Waals surface area contributed by atoms with Gasteiger partial charge in [-0.25, -0.2) is 0 Å². The van der Waals surface area contributed by atoms with Crippen LogP contribution in [0.15, 0.2) is 27.7 Å². The smallest absolute Gasteiger partial charge is 0.243 e. The second-order valence-electron chi connectivity index (χ2n) is 6.96. The second-order valence-corrected chi connectivity index (χ2v) is 7.87. The van der Waals surface area contributed by atoms with Crippen molar-refractivity contribution in [3.8, 4) is 0 Å². The molecule has 0 bridgehead atoms. The van der Waals surface area contributed by atoms with Crippen molar-refractivity contribution in [3.63, 3.8) is 0 Å². The zero-order chi connectivity index (χ0) is 20.8. The van der Waals surface area contributed by atoms with E-state index in [2.05, 4.69) is 55.8 Å². The molecular formula is C20H29BrN6O. The van der Waals surface area contributed by atoms with Crippen LogP contribution in [0.5, 0.6) is 0 Å². The normalized spacial score (nSPS) is 12.6. The molecule has 0 fully saturated rings. The van der Waals surface area contributed by atoms with E-state index in [4.69, 9.17) is 0 Å². The maximum atomic E-state index is 12.3. The number of aryl methyl sites for hydroxylation is 3. The minimum Gasteiger partial charge on any atom is -0.354 e. The lowest BCUT2D eigenvalue weighted by Gasteiger charge is -2.18. The molecule has 0 spiro atoms. The predicted octanol–water partition coefficient (Wildman–Crippen LogP) is 2.84. The van der Waals surface area contributed by atoms with Crippen molar-refractivity contribution in [2.75, 3.05) is 18.9 Å². The standard InChI is InChI=1S/C20H29BrN6O/c1-12-7-8-16(21)10-18(12)25-19(28)11-23-20(22-5)24-13(2)9-17-14(3)26-27(6)15(17)4/h7-8,10,13H,9,11H2,1-6H3,(H,25,28)(H2,22,23,24). The Morgan fingerprint density at radius 1 is 1.32 bits per heavy atom. The third-order valence-corrected chi connectivity index (χ3v) is 5.16. The maximum absolute atomic E-state index is 12.3. The largest absolute Gasteiger partial charge is 0.354 e. The van der Waals surface area contributed by atoms with E-state index in [-0.39, 0.29) is 18.5 Å². The number of halogens is 1. The van der Waals surface area contributed by atoms with Crippen molar-refractivity contribution in [1.82, 2.24) is 20.4 Å². The van der Waals surface area contributed by atoms with Crippen LogP contribution in [0.25, 0.3) is 0 Å². The Kier molecular flexibility index (Phi) is 7.62. The molecule has 1 unspecified atom stereocenters. The van der Waals surface area contributed by atoms with Gasteiger partial charge < -0.3 is 16.0 Å². The number of anilines is 1. The lowest BCUT2D eigenvalue weighted by molar-refractivity contribution is -0.115. The molecule has 2 aromatic rings. The molecule has 7 nitrogen and oxygen atoms in total. The number of carbonyl (C=O) groups is 1. The molecule has 2 rings (SSSR count). The van der Waals surface area contributed by atoms with Crippen molar-refractivity contribution in [3.05, 3.63) is 45.2 Å². The summed E-state index contributed by atoms with van der Waals surface area (Å²) in [6.07, 6.45) is 0.829. The monoisotopic (exact) mass is 448 g/mol. The van der Waals surface area contributed by atoms with Crippen molar-refractivity contribution in [2.24, 2.45) is 12.0 Å². The summed E-state index contributed by atoms with van der Waals surface area (Å²) in [5, 5.41) is 13.8. The van der Waals surface area contributed by atoms with E-state index < -0.39 is 0 Å². The van der Waals surface area contributed by atoms with Gasteiger partial charge in [-0.3, -0.25) is 14.5 Å².